The molecule has 0 saturated heterocycles. The zero-order valence-electron chi connectivity index (χ0n) is 11.1. The monoisotopic (exact) mass is 231 g/mol. The second-order valence-electron chi connectivity index (χ2n) is 3.08. The molecule has 0 unspecified atom stereocenters. The van der Waals surface area contributed by atoms with Crippen molar-refractivity contribution in [3.05, 3.63) is 48.5 Å². The molecule has 0 amide bonds. The molecule has 0 radical (unpaired) electrons. The van der Waals surface area contributed by atoms with E-state index in [9.17, 15) is 0 Å². The van der Waals surface area contributed by atoms with Crippen LogP contribution in [0, 0.1) is 6.92 Å². The minimum Gasteiger partial charge on any atom is -0.382 e. The van der Waals surface area contributed by atoms with Crippen LogP contribution < -0.4 is 5.73 Å². The predicted octanol–water partition coefficient (Wildman–Crippen LogP) is 3.54. The van der Waals surface area contributed by atoms with E-state index in [0.717, 1.165) is 17.0 Å². The Kier molecular flexibility index (Phi) is 7.35. The van der Waals surface area contributed by atoms with Crippen LogP contribution in [-0.4, -0.2) is 9.97 Å². The molecule has 0 atom stereocenters. The van der Waals surface area contributed by atoms with Gasteiger partial charge in [0.1, 0.15) is 5.82 Å². The molecular formula is C14H21N3. The van der Waals surface area contributed by atoms with Gasteiger partial charge >= 0.3 is 0 Å². The van der Waals surface area contributed by atoms with Crippen LogP contribution in [0.1, 0.15) is 32.2 Å². The third-order valence-corrected chi connectivity index (χ3v) is 1.97. The van der Waals surface area contributed by atoms with Crippen LogP contribution in [0.25, 0.3) is 5.57 Å². The lowest BCUT2D eigenvalue weighted by atomic mass is 10.1. The Morgan fingerprint density at radius 2 is 2.06 bits per heavy atom. The summed E-state index contributed by atoms with van der Waals surface area (Å²) in [7, 11) is 0. The maximum Gasteiger partial charge on any atom is 0.144 e. The molecule has 92 valence electrons. The van der Waals surface area contributed by atoms with Gasteiger partial charge in [-0.3, -0.25) is 0 Å². The number of nitrogens with two attached hydrogens (primary N) is 1. The van der Waals surface area contributed by atoms with Crippen LogP contribution in [0.3, 0.4) is 0 Å². The lowest BCUT2D eigenvalue weighted by Crippen LogP contribution is -1.99. The summed E-state index contributed by atoms with van der Waals surface area (Å²) in [6.45, 7) is 11.5. The molecule has 0 spiro atoms. The van der Waals surface area contributed by atoms with Crippen molar-refractivity contribution in [2.24, 2.45) is 0 Å². The molecule has 3 heteroatoms. The first kappa shape index (κ1) is 15.1. The number of allylic oxidation sites excluding steroid dienone is 5. The van der Waals surface area contributed by atoms with Crippen molar-refractivity contribution >= 4 is 11.4 Å². The first-order valence-corrected chi connectivity index (χ1v) is 5.74. The van der Waals surface area contributed by atoms with Gasteiger partial charge in [0, 0.05) is 5.57 Å². The fourth-order valence-electron chi connectivity index (χ4n) is 1.09. The Morgan fingerprint density at radius 1 is 1.41 bits per heavy atom. The van der Waals surface area contributed by atoms with Gasteiger partial charge in [0.15, 0.2) is 0 Å². The van der Waals surface area contributed by atoms with Gasteiger partial charge in [-0.25, -0.2) is 9.97 Å². The van der Waals surface area contributed by atoms with Gasteiger partial charge in [-0.1, -0.05) is 44.7 Å². The minimum absolute atomic E-state index is 0.466. The molecular weight excluding hydrogens is 210 g/mol. The zero-order chi connectivity index (χ0) is 13.3. The number of anilines is 1. The Morgan fingerprint density at radius 3 is 2.53 bits per heavy atom. The quantitative estimate of drug-likeness (QED) is 0.809. The SMILES string of the molecule is C=C/C(=C\C=C/C)c1cnc(N)c(C)n1.CC. The van der Waals surface area contributed by atoms with E-state index >= 15 is 0 Å². The Balaban J connectivity index is 0.00000121. The Labute approximate surface area is 104 Å². The highest BCUT2D eigenvalue weighted by Gasteiger charge is 2.02. The number of nitrogen functional groups attached to an aromatic ring is 1. The van der Waals surface area contributed by atoms with Gasteiger partial charge < -0.3 is 5.73 Å². The summed E-state index contributed by atoms with van der Waals surface area (Å²) >= 11 is 0. The van der Waals surface area contributed by atoms with Crippen LogP contribution in [-0.2, 0) is 0 Å². The maximum atomic E-state index is 5.60. The van der Waals surface area contributed by atoms with E-state index in [1.165, 1.54) is 0 Å². The summed E-state index contributed by atoms with van der Waals surface area (Å²) in [5, 5.41) is 0. The van der Waals surface area contributed by atoms with E-state index < -0.39 is 0 Å². The van der Waals surface area contributed by atoms with Crippen molar-refractivity contribution in [1.82, 2.24) is 9.97 Å². The summed E-state index contributed by atoms with van der Waals surface area (Å²) in [5.41, 5.74) is 8.06. The lowest BCUT2D eigenvalue weighted by Gasteiger charge is -2.03. The standard InChI is InChI=1S/C12H15N3.C2H6/c1-4-6-7-10(5-2)11-8-14-12(13)9(3)15-11;1-2/h4-8H,2H2,1,3H3,(H2,13,14);1-2H3/b6-4-,10-7+;. The fraction of sp³-hybridized carbons (Fsp3) is 0.286. The molecule has 1 aromatic rings. The summed E-state index contributed by atoms with van der Waals surface area (Å²) < 4.78 is 0. The molecule has 1 heterocycles. The molecule has 0 bridgehead atoms. The molecule has 0 aliphatic heterocycles. The van der Waals surface area contributed by atoms with E-state index in [4.69, 9.17) is 5.73 Å². The van der Waals surface area contributed by atoms with Gasteiger partial charge in [0.2, 0.25) is 0 Å². The highest BCUT2D eigenvalue weighted by molar-refractivity contribution is 5.72. The number of aryl methyl sites for hydroxylation is 1. The predicted molar refractivity (Wildman–Crippen MR) is 75.5 cm³/mol. The first-order chi connectivity index (χ1) is 8.19. The van der Waals surface area contributed by atoms with Crippen LogP contribution in [0.5, 0.6) is 0 Å². The van der Waals surface area contributed by atoms with E-state index in [2.05, 4.69) is 16.5 Å². The molecule has 1 rings (SSSR count). The highest BCUT2D eigenvalue weighted by atomic mass is 14.9. The van der Waals surface area contributed by atoms with Crippen molar-refractivity contribution in [3.63, 3.8) is 0 Å². The molecule has 1 aromatic heterocycles. The molecule has 0 aliphatic rings. The van der Waals surface area contributed by atoms with Gasteiger partial charge in [0.25, 0.3) is 0 Å². The van der Waals surface area contributed by atoms with E-state index in [1.54, 1.807) is 12.3 Å². The fourth-order valence-corrected chi connectivity index (χ4v) is 1.09. The van der Waals surface area contributed by atoms with Crippen LogP contribution in [0.4, 0.5) is 5.82 Å². The number of nitrogens with zero attached hydrogens (tertiary/aromatic N) is 2. The van der Waals surface area contributed by atoms with Crippen molar-refractivity contribution in [2.45, 2.75) is 27.7 Å². The molecule has 2 N–H and O–H groups in total. The molecule has 3 nitrogen and oxygen atoms in total. The summed E-state index contributed by atoms with van der Waals surface area (Å²) in [4.78, 5) is 8.39. The van der Waals surface area contributed by atoms with Gasteiger partial charge in [-0.2, -0.15) is 0 Å². The van der Waals surface area contributed by atoms with E-state index in [-0.39, 0.29) is 0 Å². The van der Waals surface area contributed by atoms with E-state index in [1.807, 2.05) is 45.9 Å². The van der Waals surface area contributed by atoms with Crippen molar-refractivity contribution < 1.29 is 0 Å². The van der Waals surface area contributed by atoms with E-state index in [0.29, 0.717) is 5.82 Å². The van der Waals surface area contributed by atoms with Gasteiger partial charge in [-0.15, -0.1) is 0 Å². The maximum absolute atomic E-state index is 5.60. The first-order valence-electron chi connectivity index (χ1n) is 5.74. The average Bonchev–Trinajstić information content (AvgIpc) is 2.37. The molecule has 0 aliphatic carbocycles. The van der Waals surface area contributed by atoms with Crippen LogP contribution >= 0.6 is 0 Å². The Bertz CT molecular complexity index is 417. The molecule has 0 aromatic carbocycles. The number of rotatable bonds is 3. The third kappa shape index (κ3) is 4.64. The third-order valence-electron chi connectivity index (χ3n) is 1.97. The smallest absolute Gasteiger partial charge is 0.144 e. The Hall–Kier alpha value is -1.90. The van der Waals surface area contributed by atoms with Crippen molar-refractivity contribution in [3.8, 4) is 0 Å². The van der Waals surface area contributed by atoms with Crippen molar-refractivity contribution in [1.29, 1.82) is 0 Å². The largest absolute Gasteiger partial charge is 0.382 e. The zero-order valence-corrected chi connectivity index (χ0v) is 11.1. The summed E-state index contributed by atoms with van der Waals surface area (Å²) in [6.07, 6.45) is 9.22. The van der Waals surface area contributed by atoms with Gasteiger partial charge in [-0.05, 0) is 13.8 Å². The minimum atomic E-state index is 0.466. The second-order valence-corrected chi connectivity index (χ2v) is 3.08. The number of aromatic nitrogens is 2. The highest BCUT2D eigenvalue weighted by Crippen LogP contribution is 2.14. The lowest BCUT2D eigenvalue weighted by molar-refractivity contribution is 1.11. The van der Waals surface area contributed by atoms with Gasteiger partial charge in [0.05, 0.1) is 17.6 Å². The van der Waals surface area contributed by atoms with Crippen molar-refractivity contribution in [2.75, 3.05) is 5.73 Å². The summed E-state index contributed by atoms with van der Waals surface area (Å²) in [6, 6.07) is 0. The second kappa shape index (κ2) is 8.28. The molecule has 0 saturated carbocycles. The number of hydrogen-bond acceptors (Lipinski definition) is 3. The van der Waals surface area contributed by atoms with Crippen LogP contribution in [0.15, 0.2) is 37.1 Å². The number of hydrogen-bond donors (Lipinski definition) is 1. The molecule has 17 heavy (non-hydrogen) atoms. The summed E-state index contributed by atoms with van der Waals surface area (Å²) in [5.74, 6) is 0.466. The molecule has 0 fully saturated rings. The average molecular weight is 231 g/mol. The van der Waals surface area contributed by atoms with Crippen LogP contribution in [0.2, 0.25) is 0 Å². The normalized spacial score (nSPS) is 10.9. The topological polar surface area (TPSA) is 51.8 Å².